The third kappa shape index (κ3) is 1.64. The van der Waals surface area contributed by atoms with Crippen LogP contribution in [0.25, 0.3) is 0 Å². The Hall–Kier alpha value is -0.120. The van der Waals surface area contributed by atoms with Gasteiger partial charge in [0.25, 0.3) is 0 Å². The zero-order chi connectivity index (χ0) is 6.91. The lowest BCUT2D eigenvalue weighted by Gasteiger charge is -2.01. The molecule has 0 amide bonds. The Morgan fingerprint density at radius 2 is 2.22 bits per heavy atom. The molecule has 1 saturated carbocycles. The molecule has 0 saturated heterocycles. The normalized spacial score (nSPS) is 21.4. The minimum atomic E-state index is -0.228. The van der Waals surface area contributed by atoms with Gasteiger partial charge in [0.1, 0.15) is 0 Å². The maximum Gasteiger partial charge on any atom is 0.210 e. The largest absolute Gasteiger partial charge is 0.265 e. The predicted octanol–water partition coefficient (Wildman–Crippen LogP) is 1.44. The number of halogens is 1. The maximum atomic E-state index is 10.00. The summed E-state index contributed by atoms with van der Waals surface area (Å²) in [6.07, 6.45) is 2.03. The number of hydrogen-bond acceptors (Lipinski definition) is 2. The Bertz CT molecular complexity index is 133. The van der Waals surface area contributed by atoms with E-state index in [9.17, 15) is 10.1 Å². The van der Waals surface area contributed by atoms with Crippen LogP contribution in [0.3, 0.4) is 0 Å². The van der Waals surface area contributed by atoms with Crippen LogP contribution in [0.15, 0.2) is 0 Å². The summed E-state index contributed by atoms with van der Waals surface area (Å²) >= 11 is 3.26. The third-order valence-electron chi connectivity index (χ3n) is 1.71. The summed E-state index contributed by atoms with van der Waals surface area (Å²) in [5, 5.41) is 10.8. The van der Waals surface area contributed by atoms with E-state index in [4.69, 9.17) is 0 Å². The molecule has 3 nitrogen and oxygen atoms in total. The molecule has 1 rings (SSSR count). The molecule has 0 bridgehead atoms. The monoisotopic (exact) mass is 193 g/mol. The van der Waals surface area contributed by atoms with Crippen molar-refractivity contribution in [1.82, 2.24) is 0 Å². The summed E-state index contributed by atoms with van der Waals surface area (Å²) in [5.74, 6) is 0. The van der Waals surface area contributed by atoms with Crippen molar-refractivity contribution in [2.24, 2.45) is 5.41 Å². The fourth-order valence-electron chi connectivity index (χ4n) is 0.785. The van der Waals surface area contributed by atoms with Gasteiger partial charge in [0, 0.05) is 15.7 Å². The van der Waals surface area contributed by atoms with Gasteiger partial charge < -0.3 is 0 Å². The van der Waals surface area contributed by atoms with Crippen LogP contribution >= 0.6 is 15.9 Å². The summed E-state index contributed by atoms with van der Waals surface area (Å²) in [5.41, 5.74) is 0.0312. The Balaban J connectivity index is 2.33. The minimum absolute atomic E-state index is 0.0312. The standard InChI is InChI=1S/C5H8BrNO2/c6-3-5(1-2-5)4-7(8)9/h1-4H2. The molecule has 9 heavy (non-hydrogen) atoms. The van der Waals surface area contributed by atoms with Gasteiger partial charge in [-0.3, -0.25) is 10.1 Å². The smallest absolute Gasteiger partial charge is 0.210 e. The van der Waals surface area contributed by atoms with Gasteiger partial charge >= 0.3 is 0 Å². The van der Waals surface area contributed by atoms with Gasteiger partial charge in [-0.2, -0.15) is 0 Å². The quantitative estimate of drug-likeness (QED) is 0.387. The Morgan fingerprint density at radius 1 is 1.67 bits per heavy atom. The second kappa shape index (κ2) is 2.25. The van der Waals surface area contributed by atoms with Gasteiger partial charge in [0.05, 0.1) is 0 Å². The van der Waals surface area contributed by atoms with Crippen LogP contribution in [-0.2, 0) is 0 Å². The molecular formula is C5H8BrNO2. The molecule has 0 spiro atoms. The lowest BCUT2D eigenvalue weighted by molar-refractivity contribution is -0.489. The highest BCUT2D eigenvalue weighted by atomic mass is 79.9. The van der Waals surface area contributed by atoms with Gasteiger partial charge in [0.15, 0.2) is 0 Å². The molecule has 4 heteroatoms. The molecule has 0 aromatic carbocycles. The topological polar surface area (TPSA) is 43.1 Å². The molecule has 0 N–H and O–H groups in total. The van der Waals surface area contributed by atoms with Gasteiger partial charge in [-0.15, -0.1) is 0 Å². The van der Waals surface area contributed by atoms with Gasteiger partial charge in [-0.1, -0.05) is 15.9 Å². The number of nitrogens with zero attached hydrogens (tertiary/aromatic N) is 1. The van der Waals surface area contributed by atoms with Crippen molar-refractivity contribution >= 4 is 15.9 Å². The molecule has 0 aliphatic heterocycles. The fourth-order valence-corrected chi connectivity index (χ4v) is 1.52. The van der Waals surface area contributed by atoms with E-state index in [-0.39, 0.29) is 16.9 Å². The van der Waals surface area contributed by atoms with Gasteiger partial charge in [-0.05, 0) is 12.8 Å². The van der Waals surface area contributed by atoms with Crippen molar-refractivity contribution < 1.29 is 4.92 Å². The number of rotatable bonds is 3. The molecule has 0 atom stereocenters. The van der Waals surface area contributed by atoms with Crippen molar-refractivity contribution in [1.29, 1.82) is 0 Å². The molecule has 0 heterocycles. The average molecular weight is 194 g/mol. The minimum Gasteiger partial charge on any atom is -0.265 e. The van der Waals surface area contributed by atoms with Crippen molar-refractivity contribution in [2.45, 2.75) is 12.8 Å². The lowest BCUT2D eigenvalue weighted by atomic mass is 10.1. The van der Waals surface area contributed by atoms with Crippen molar-refractivity contribution in [2.75, 3.05) is 11.9 Å². The molecule has 0 unspecified atom stereocenters. The number of hydrogen-bond donors (Lipinski definition) is 0. The van der Waals surface area contributed by atoms with Crippen LogP contribution in [0.2, 0.25) is 0 Å². The fraction of sp³-hybridized carbons (Fsp3) is 1.00. The van der Waals surface area contributed by atoms with Gasteiger partial charge in [0.2, 0.25) is 6.54 Å². The van der Waals surface area contributed by atoms with E-state index in [0.717, 1.165) is 18.2 Å². The summed E-state index contributed by atoms with van der Waals surface area (Å²) < 4.78 is 0. The van der Waals surface area contributed by atoms with E-state index in [1.165, 1.54) is 0 Å². The van der Waals surface area contributed by atoms with Crippen LogP contribution in [0.1, 0.15) is 12.8 Å². The zero-order valence-corrected chi connectivity index (χ0v) is 6.56. The summed E-state index contributed by atoms with van der Waals surface area (Å²) in [7, 11) is 0. The Morgan fingerprint density at radius 3 is 2.33 bits per heavy atom. The average Bonchev–Trinajstić information content (AvgIpc) is 2.48. The summed E-state index contributed by atoms with van der Waals surface area (Å²) in [6, 6.07) is 0. The number of alkyl halides is 1. The first-order chi connectivity index (χ1) is 4.18. The predicted molar refractivity (Wildman–Crippen MR) is 37.3 cm³/mol. The van der Waals surface area contributed by atoms with E-state index < -0.39 is 0 Å². The van der Waals surface area contributed by atoms with E-state index in [1.807, 2.05) is 0 Å². The summed E-state index contributed by atoms with van der Waals surface area (Å²) in [6.45, 7) is 0.137. The Labute approximate surface area is 61.7 Å². The Kier molecular flexibility index (Phi) is 1.75. The van der Waals surface area contributed by atoms with Crippen LogP contribution in [0, 0.1) is 15.5 Å². The number of nitro groups is 1. The van der Waals surface area contributed by atoms with Crippen LogP contribution < -0.4 is 0 Å². The SMILES string of the molecule is O=[N+]([O-])CC1(CBr)CC1. The van der Waals surface area contributed by atoms with Crippen LogP contribution in [0.5, 0.6) is 0 Å². The molecule has 1 aliphatic rings. The maximum absolute atomic E-state index is 10.00. The van der Waals surface area contributed by atoms with Crippen LogP contribution in [0.4, 0.5) is 0 Å². The van der Waals surface area contributed by atoms with Gasteiger partial charge in [-0.25, -0.2) is 0 Å². The van der Waals surface area contributed by atoms with E-state index >= 15 is 0 Å². The molecular weight excluding hydrogens is 186 g/mol. The highest BCUT2D eigenvalue weighted by molar-refractivity contribution is 9.09. The molecule has 52 valence electrons. The highest BCUT2D eigenvalue weighted by Gasteiger charge is 2.46. The second-order valence-corrected chi connectivity index (χ2v) is 3.19. The van der Waals surface area contributed by atoms with Crippen molar-refractivity contribution in [3.05, 3.63) is 10.1 Å². The second-order valence-electron chi connectivity index (χ2n) is 2.62. The van der Waals surface area contributed by atoms with Crippen molar-refractivity contribution in [3.63, 3.8) is 0 Å². The molecule has 0 aromatic heterocycles. The zero-order valence-electron chi connectivity index (χ0n) is 4.97. The van der Waals surface area contributed by atoms with E-state index in [2.05, 4.69) is 15.9 Å². The third-order valence-corrected chi connectivity index (χ3v) is 2.89. The summed E-state index contributed by atoms with van der Waals surface area (Å²) in [4.78, 5) is 9.77. The first-order valence-corrected chi connectivity index (χ1v) is 3.98. The lowest BCUT2D eigenvalue weighted by Crippen LogP contribution is -2.16. The van der Waals surface area contributed by atoms with E-state index in [1.54, 1.807) is 0 Å². The molecule has 1 aliphatic carbocycles. The molecule has 0 aromatic rings. The highest BCUT2D eigenvalue weighted by Crippen LogP contribution is 2.46. The van der Waals surface area contributed by atoms with E-state index in [0.29, 0.717) is 0 Å². The first kappa shape index (κ1) is 6.99. The van der Waals surface area contributed by atoms with Crippen molar-refractivity contribution in [3.8, 4) is 0 Å². The molecule has 0 radical (unpaired) electrons. The van der Waals surface area contributed by atoms with Crippen LogP contribution in [-0.4, -0.2) is 16.8 Å². The molecule has 1 fully saturated rings. The first-order valence-electron chi connectivity index (χ1n) is 2.86.